The maximum atomic E-state index is 12.7. The lowest BCUT2D eigenvalue weighted by Gasteiger charge is -2.21. The third-order valence-electron chi connectivity index (χ3n) is 4.72. The van der Waals surface area contributed by atoms with Crippen LogP contribution in [-0.4, -0.2) is 49.3 Å². The number of ether oxygens (including phenoxy) is 1. The number of aliphatic hydroxyl groups excluding tert-OH is 2. The molecule has 1 unspecified atom stereocenters. The number of rotatable bonds is 8. The molecule has 0 aromatic heterocycles. The van der Waals surface area contributed by atoms with Crippen molar-refractivity contribution in [2.75, 3.05) is 12.4 Å². The van der Waals surface area contributed by atoms with Crippen molar-refractivity contribution in [2.45, 2.75) is 43.0 Å². The predicted octanol–water partition coefficient (Wildman–Crippen LogP) is 1.80. The molecule has 5 atom stereocenters. The standard InChI is InChI=1S/C18H26O5S/c1-3-7-17-16(13(2)18(23-17)10-14(20)11-19)12-24(21,22)15-8-5-4-6-9-15/h3-6,8-9,13-14,16-20H,1,7,10-12H2,2H3/t13-,14?,16-,17+,18-/m1/s1. The molecule has 2 N–H and O–H groups in total. The average Bonchev–Trinajstić information content (AvgIpc) is 2.84. The molecule has 0 amide bonds. The van der Waals surface area contributed by atoms with Gasteiger partial charge in [-0.1, -0.05) is 31.2 Å². The molecule has 1 fully saturated rings. The Kier molecular flexibility index (Phi) is 6.57. The van der Waals surface area contributed by atoms with Gasteiger partial charge in [0, 0.05) is 12.3 Å². The molecule has 1 saturated heterocycles. The minimum absolute atomic E-state index is 0.00239. The van der Waals surface area contributed by atoms with Crippen molar-refractivity contribution in [1.29, 1.82) is 0 Å². The Hall–Kier alpha value is -1.21. The molecule has 0 radical (unpaired) electrons. The highest BCUT2D eigenvalue weighted by Gasteiger charge is 2.43. The monoisotopic (exact) mass is 354 g/mol. The fourth-order valence-corrected chi connectivity index (χ4v) is 5.10. The van der Waals surface area contributed by atoms with Gasteiger partial charge >= 0.3 is 0 Å². The molecular weight excluding hydrogens is 328 g/mol. The van der Waals surface area contributed by atoms with E-state index < -0.39 is 15.9 Å². The smallest absolute Gasteiger partial charge is 0.178 e. The molecule has 1 aliphatic heterocycles. The lowest BCUT2D eigenvalue weighted by molar-refractivity contribution is -0.0111. The first-order valence-electron chi connectivity index (χ1n) is 8.22. The summed E-state index contributed by atoms with van der Waals surface area (Å²) in [6.07, 6.45) is 1.22. The Bertz CT molecular complexity index is 628. The summed E-state index contributed by atoms with van der Waals surface area (Å²) in [5.74, 6) is -0.207. The maximum Gasteiger partial charge on any atom is 0.178 e. The molecule has 1 aliphatic rings. The van der Waals surface area contributed by atoms with Gasteiger partial charge < -0.3 is 14.9 Å². The van der Waals surface area contributed by atoms with Gasteiger partial charge in [0.1, 0.15) is 0 Å². The molecular formula is C18H26O5S. The van der Waals surface area contributed by atoms with E-state index in [1.807, 2.05) is 6.92 Å². The predicted molar refractivity (Wildman–Crippen MR) is 92.3 cm³/mol. The summed E-state index contributed by atoms with van der Waals surface area (Å²) in [6, 6.07) is 8.41. The van der Waals surface area contributed by atoms with Crippen LogP contribution in [-0.2, 0) is 14.6 Å². The van der Waals surface area contributed by atoms with Gasteiger partial charge in [-0.25, -0.2) is 8.42 Å². The van der Waals surface area contributed by atoms with Gasteiger partial charge in [0.25, 0.3) is 0 Å². The van der Waals surface area contributed by atoms with Crippen molar-refractivity contribution < 1.29 is 23.4 Å². The van der Waals surface area contributed by atoms with E-state index in [1.54, 1.807) is 36.4 Å². The van der Waals surface area contributed by atoms with Crippen molar-refractivity contribution in [3.05, 3.63) is 43.0 Å². The Morgan fingerprint density at radius 2 is 1.96 bits per heavy atom. The van der Waals surface area contributed by atoms with Crippen LogP contribution in [0.4, 0.5) is 0 Å². The number of sulfone groups is 1. The van der Waals surface area contributed by atoms with Crippen LogP contribution < -0.4 is 0 Å². The largest absolute Gasteiger partial charge is 0.394 e. The Morgan fingerprint density at radius 1 is 1.29 bits per heavy atom. The molecule has 0 aliphatic carbocycles. The van der Waals surface area contributed by atoms with Crippen molar-refractivity contribution in [1.82, 2.24) is 0 Å². The van der Waals surface area contributed by atoms with Crippen LogP contribution in [0, 0.1) is 11.8 Å². The van der Waals surface area contributed by atoms with Gasteiger partial charge in [-0.3, -0.25) is 0 Å². The highest BCUT2D eigenvalue weighted by atomic mass is 32.2. The second-order valence-electron chi connectivity index (χ2n) is 6.43. The zero-order valence-corrected chi connectivity index (χ0v) is 14.7. The SMILES string of the molecule is C=CC[C@@H]1O[C@H](CC(O)CO)[C@H](C)[C@H]1CS(=O)(=O)c1ccccc1. The quantitative estimate of drug-likeness (QED) is 0.696. The van der Waals surface area contributed by atoms with Gasteiger partial charge in [-0.05, 0) is 24.5 Å². The summed E-state index contributed by atoms with van der Waals surface area (Å²) < 4.78 is 31.4. The molecule has 0 saturated carbocycles. The normalized spacial score (nSPS) is 28.6. The molecule has 2 rings (SSSR count). The Balaban J connectivity index is 2.18. The summed E-state index contributed by atoms with van der Waals surface area (Å²) in [5.41, 5.74) is 0. The first-order valence-corrected chi connectivity index (χ1v) is 9.87. The zero-order chi connectivity index (χ0) is 17.7. The second kappa shape index (κ2) is 8.25. The van der Waals surface area contributed by atoms with E-state index in [0.29, 0.717) is 17.7 Å². The van der Waals surface area contributed by atoms with E-state index >= 15 is 0 Å². The number of hydrogen-bond donors (Lipinski definition) is 2. The third-order valence-corrected chi connectivity index (χ3v) is 6.53. The molecule has 1 heterocycles. The molecule has 1 aromatic carbocycles. The van der Waals surface area contributed by atoms with Crippen LogP contribution >= 0.6 is 0 Å². The van der Waals surface area contributed by atoms with Crippen LogP contribution in [0.3, 0.4) is 0 Å². The second-order valence-corrected chi connectivity index (χ2v) is 8.46. The fourth-order valence-electron chi connectivity index (χ4n) is 3.31. The number of aliphatic hydroxyl groups is 2. The van der Waals surface area contributed by atoms with Crippen LogP contribution in [0.1, 0.15) is 19.8 Å². The summed E-state index contributed by atoms with van der Waals surface area (Å²) in [5, 5.41) is 18.7. The summed E-state index contributed by atoms with van der Waals surface area (Å²) in [6.45, 7) is 5.34. The molecule has 1 aromatic rings. The van der Waals surface area contributed by atoms with Crippen molar-refractivity contribution >= 4 is 9.84 Å². The van der Waals surface area contributed by atoms with Crippen LogP contribution in [0.25, 0.3) is 0 Å². The summed E-state index contributed by atoms with van der Waals surface area (Å²) in [4.78, 5) is 0.313. The molecule has 6 heteroatoms. The van der Waals surface area contributed by atoms with E-state index in [-0.39, 0.29) is 36.4 Å². The van der Waals surface area contributed by atoms with Gasteiger partial charge in [0.15, 0.2) is 9.84 Å². The highest BCUT2D eigenvalue weighted by Crippen LogP contribution is 2.38. The van der Waals surface area contributed by atoms with Crippen molar-refractivity contribution in [3.8, 4) is 0 Å². The van der Waals surface area contributed by atoms with E-state index in [9.17, 15) is 13.5 Å². The summed E-state index contributed by atoms with van der Waals surface area (Å²) in [7, 11) is -3.41. The van der Waals surface area contributed by atoms with Crippen molar-refractivity contribution in [3.63, 3.8) is 0 Å². The topological polar surface area (TPSA) is 83.8 Å². The molecule has 24 heavy (non-hydrogen) atoms. The maximum absolute atomic E-state index is 12.7. The van der Waals surface area contributed by atoms with E-state index in [0.717, 1.165) is 0 Å². The first-order chi connectivity index (χ1) is 11.4. The third kappa shape index (κ3) is 4.45. The molecule has 0 spiro atoms. The van der Waals surface area contributed by atoms with Crippen LogP contribution in [0.15, 0.2) is 47.9 Å². The summed E-state index contributed by atoms with van der Waals surface area (Å²) >= 11 is 0. The van der Waals surface area contributed by atoms with Crippen LogP contribution in [0.5, 0.6) is 0 Å². The average molecular weight is 354 g/mol. The van der Waals surface area contributed by atoms with E-state index in [4.69, 9.17) is 9.84 Å². The van der Waals surface area contributed by atoms with Gasteiger partial charge in [-0.2, -0.15) is 0 Å². The van der Waals surface area contributed by atoms with E-state index in [2.05, 4.69) is 6.58 Å². The van der Waals surface area contributed by atoms with Gasteiger partial charge in [-0.15, -0.1) is 6.58 Å². The molecule has 0 bridgehead atoms. The highest BCUT2D eigenvalue weighted by molar-refractivity contribution is 7.91. The zero-order valence-electron chi connectivity index (χ0n) is 13.9. The van der Waals surface area contributed by atoms with E-state index in [1.165, 1.54) is 0 Å². The van der Waals surface area contributed by atoms with Gasteiger partial charge in [0.2, 0.25) is 0 Å². The number of benzene rings is 1. The minimum atomic E-state index is -3.41. The minimum Gasteiger partial charge on any atom is -0.394 e. The molecule has 5 nitrogen and oxygen atoms in total. The lowest BCUT2D eigenvalue weighted by Crippen LogP contribution is -2.29. The fraction of sp³-hybridized carbons (Fsp3) is 0.556. The van der Waals surface area contributed by atoms with Crippen LogP contribution in [0.2, 0.25) is 0 Å². The first kappa shape index (κ1) is 19.1. The lowest BCUT2D eigenvalue weighted by atomic mass is 9.87. The van der Waals surface area contributed by atoms with Gasteiger partial charge in [0.05, 0.1) is 35.6 Å². The number of hydrogen-bond acceptors (Lipinski definition) is 5. The Labute approximate surface area is 143 Å². The molecule has 134 valence electrons. The van der Waals surface area contributed by atoms with Crippen molar-refractivity contribution in [2.24, 2.45) is 11.8 Å². The Morgan fingerprint density at radius 3 is 2.54 bits per heavy atom.